The van der Waals surface area contributed by atoms with Crippen molar-refractivity contribution in [3.63, 3.8) is 0 Å². The zero-order valence-electron chi connectivity index (χ0n) is 24.6. The number of halogens is 2. The second kappa shape index (κ2) is 13.7. The SMILES string of the molecule is CCCN(C)Cc1nc(-c2ccc(-c3ccc(-c4nc(CN(CCC)C(=O)CC(C)C)[nH]c4F)cc3)cc2)c(F)[nH]1. The van der Waals surface area contributed by atoms with Gasteiger partial charge in [0.1, 0.15) is 23.0 Å². The van der Waals surface area contributed by atoms with E-state index in [1.54, 1.807) is 4.90 Å². The van der Waals surface area contributed by atoms with Crippen LogP contribution in [0.5, 0.6) is 0 Å². The summed E-state index contributed by atoms with van der Waals surface area (Å²) in [5.41, 5.74) is 3.75. The van der Waals surface area contributed by atoms with E-state index in [9.17, 15) is 13.6 Å². The lowest BCUT2D eigenvalue weighted by Gasteiger charge is -2.22. The smallest absolute Gasteiger partial charge is 0.223 e. The molecule has 4 aromatic rings. The minimum Gasteiger partial charge on any atom is -0.335 e. The minimum atomic E-state index is -0.522. The highest BCUT2D eigenvalue weighted by molar-refractivity contribution is 5.76. The first-order valence-electron chi connectivity index (χ1n) is 14.3. The van der Waals surface area contributed by atoms with Gasteiger partial charge in [0.05, 0.1) is 13.1 Å². The number of nitrogens with one attached hydrogen (secondary N) is 2. The molecule has 0 atom stereocenters. The lowest BCUT2D eigenvalue weighted by atomic mass is 10.0. The zero-order valence-corrected chi connectivity index (χ0v) is 24.6. The molecule has 0 aliphatic heterocycles. The van der Waals surface area contributed by atoms with E-state index in [0.717, 1.165) is 30.5 Å². The molecule has 0 aliphatic rings. The molecule has 0 spiro atoms. The molecule has 0 bridgehead atoms. The van der Waals surface area contributed by atoms with Crippen LogP contribution in [-0.4, -0.2) is 55.8 Å². The Kier molecular flexibility index (Phi) is 10.0. The molecule has 0 aliphatic carbocycles. The normalized spacial score (nSPS) is 11.5. The Labute approximate surface area is 241 Å². The zero-order chi connectivity index (χ0) is 29.5. The van der Waals surface area contributed by atoms with Crippen LogP contribution in [0.25, 0.3) is 33.6 Å². The Bertz CT molecular complexity index is 1430. The fourth-order valence-corrected chi connectivity index (χ4v) is 4.91. The van der Waals surface area contributed by atoms with Crippen LogP contribution in [0.4, 0.5) is 8.78 Å². The maximum absolute atomic E-state index is 14.9. The largest absolute Gasteiger partial charge is 0.335 e. The molecule has 4 rings (SSSR count). The van der Waals surface area contributed by atoms with Crippen molar-refractivity contribution in [1.82, 2.24) is 29.7 Å². The van der Waals surface area contributed by atoms with Gasteiger partial charge in [-0.2, -0.15) is 8.78 Å². The molecule has 0 unspecified atom stereocenters. The van der Waals surface area contributed by atoms with Crippen molar-refractivity contribution in [2.75, 3.05) is 20.1 Å². The van der Waals surface area contributed by atoms with Crippen molar-refractivity contribution >= 4 is 5.91 Å². The Balaban J connectivity index is 1.46. The van der Waals surface area contributed by atoms with Crippen molar-refractivity contribution in [2.24, 2.45) is 5.92 Å². The number of benzene rings is 2. The van der Waals surface area contributed by atoms with E-state index in [4.69, 9.17) is 0 Å². The van der Waals surface area contributed by atoms with Gasteiger partial charge in [0.15, 0.2) is 0 Å². The monoisotopic (exact) mass is 562 g/mol. The van der Waals surface area contributed by atoms with Crippen LogP contribution in [0.1, 0.15) is 58.6 Å². The number of amides is 1. The predicted molar refractivity (Wildman–Crippen MR) is 159 cm³/mol. The van der Waals surface area contributed by atoms with Gasteiger partial charge in [-0.05, 0) is 43.5 Å². The summed E-state index contributed by atoms with van der Waals surface area (Å²) in [4.78, 5) is 30.9. The first-order chi connectivity index (χ1) is 19.7. The Hall–Kier alpha value is -3.85. The van der Waals surface area contributed by atoms with E-state index in [1.807, 2.05) is 76.3 Å². The number of aromatic nitrogens is 4. The summed E-state index contributed by atoms with van der Waals surface area (Å²) in [6.45, 7) is 10.4. The first kappa shape index (κ1) is 30.1. The number of hydrogen-bond donors (Lipinski definition) is 2. The molecule has 1 amide bonds. The second-order valence-corrected chi connectivity index (χ2v) is 11.0. The van der Waals surface area contributed by atoms with Gasteiger partial charge >= 0.3 is 0 Å². The molecule has 2 aromatic heterocycles. The number of nitrogens with zero attached hydrogens (tertiary/aromatic N) is 4. The molecule has 2 heterocycles. The van der Waals surface area contributed by atoms with Gasteiger partial charge in [-0.1, -0.05) is 76.2 Å². The molecule has 0 radical (unpaired) electrons. The molecule has 0 saturated carbocycles. The standard InChI is InChI=1S/C32H40F2N6O/c1-6-16-39(5)19-26-35-29(31(33)37-26)24-12-8-22(9-13-24)23-10-14-25(15-11-23)30-32(34)38-27(36-30)20-40(17-7-2)28(41)18-21(3)4/h8-15,21H,6-7,16-20H2,1-5H3,(H,35,37)(H,36,38). The van der Waals surface area contributed by atoms with Crippen molar-refractivity contribution < 1.29 is 13.6 Å². The van der Waals surface area contributed by atoms with Crippen LogP contribution in [0.15, 0.2) is 48.5 Å². The molecule has 9 heteroatoms. The molecule has 41 heavy (non-hydrogen) atoms. The maximum Gasteiger partial charge on any atom is 0.223 e. The van der Waals surface area contributed by atoms with E-state index < -0.39 is 11.9 Å². The maximum atomic E-state index is 14.9. The Morgan fingerprint density at radius 2 is 1.20 bits per heavy atom. The van der Waals surface area contributed by atoms with Crippen LogP contribution in [0.3, 0.4) is 0 Å². The van der Waals surface area contributed by atoms with E-state index in [1.165, 1.54) is 0 Å². The summed E-state index contributed by atoms with van der Waals surface area (Å²) in [6, 6.07) is 15.0. The molecule has 0 saturated heterocycles. The van der Waals surface area contributed by atoms with Crippen molar-refractivity contribution in [2.45, 2.75) is 60.0 Å². The third-order valence-corrected chi connectivity index (χ3v) is 6.86. The summed E-state index contributed by atoms with van der Waals surface area (Å²) in [5, 5.41) is 0. The minimum absolute atomic E-state index is 0.0469. The molecule has 2 aromatic carbocycles. The predicted octanol–water partition coefficient (Wildman–Crippen LogP) is 7.04. The number of rotatable bonds is 13. The summed E-state index contributed by atoms with van der Waals surface area (Å²) in [6.07, 6.45) is 2.29. The lowest BCUT2D eigenvalue weighted by molar-refractivity contribution is -0.132. The van der Waals surface area contributed by atoms with Gasteiger partial charge < -0.3 is 14.9 Å². The van der Waals surface area contributed by atoms with Crippen LogP contribution in [0, 0.1) is 17.8 Å². The van der Waals surface area contributed by atoms with Crippen LogP contribution in [0.2, 0.25) is 0 Å². The summed E-state index contributed by atoms with van der Waals surface area (Å²) in [7, 11) is 1.99. The lowest BCUT2D eigenvalue weighted by Crippen LogP contribution is -2.32. The summed E-state index contributed by atoms with van der Waals surface area (Å²) >= 11 is 0. The van der Waals surface area contributed by atoms with Gasteiger partial charge in [0, 0.05) is 24.1 Å². The van der Waals surface area contributed by atoms with Gasteiger partial charge in [-0.3, -0.25) is 9.69 Å². The Morgan fingerprint density at radius 3 is 1.63 bits per heavy atom. The van der Waals surface area contributed by atoms with E-state index in [-0.39, 0.29) is 24.1 Å². The molecular formula is C32H40F2N6O. The molecular weight excluding hydrogens is 522 g/mol. The molecule has 7 nitrogen and oxygen atoms in total. The van der Waals surface area contributed by atoms with Crippen LogP contribution >= 0.6 is 0 Å². The molecule has 218 valence electrons. The average molecular weight is 563 g/mol. The van der Waals surface area contributed by atoms with Gasteiger partial charge in [-0.25, -0.2) is 9.97 Å². The van der Waals surface area contributed by atoms with Crippen LogP contribution in [-0.2, 0) is 17.9 Å². The molecule has 0 fully saturated rings. The number of H-pyrrole nitrogens is 2. The topological polar surface area (TPSA) is 80.9 Å². The van der Waals surface area contributed by atoms with Crippen molar-refractivity contribution in [3.05, 3.63) is 72.1 Å². The van der Waals surface area contributed by atoms with E-state index in [0.29, 0.717) is 48.0 Å². The highest BCUT2D eigenvalue weighted by Gasteiger charge is 2.19. The number of imidazole rings is 2. The van der Waals surface area contributed by atoms with Crippen molar-refractivity contribution in [1.29, 1.82) is 0 Å². The van der Waals surface area contributed by atoms with Gasteiger partial charge in [0.25, 0.3) is 0 Å². The highest BCUT2D eigenvalue weighted by Crippen LogP contribution is 2.28. The number of aromatic amines is 2. The number of carbonyl (C=O) groups is 1. The van der Waals surface area contributed by atoms with E-state index in [2.05, 4.69) is 31.8 Å². The summed E-state index contributed by atoms with van der Waals surface area (Å²) in [5.74, 6) is 0.360. The second-order valence-electron chi connectivity index (χ2n) is 11.0. The Morgan fingerprint density at radius 1 is 0.756 bits per heavy atom. The highest BCUT2D eigenvalue weighted by atomic mass is 19.1. The first-order valence-corrected chi connectivity index (χ1v) is 14.3. The quantitative estimate of drug-likeness (QED) is 0.183. The third kappa shape index (κ3) is 7.67. The number of hydrogen-bond acceptors (Lipinski definition) is 4. The van der Waals surface area contributed by atoms with Gasteiger partial charge in [0.2, 0.25) is 17.8 Å². The average Bonchev–Trinajstić information content (AvgIpc) is 3.49. The van der Waals surface area contributed by atoms with Crippen molar-refractivity contribution in [3.8, 4) is 33.6 Å². The summed E-state index contributed by atoms with van der Waals surface area (Å²) < 4.78 is 29.4. The number of carbonyl (C=O) groups excluding carboxylic acids is 1. The fraction of sp³-hybridized carbons (Fsp3) is 0.406. The van der Waals surface area contributed by atoms with E-state index >= 15 is 0 Å². The molecule has 2 N–H and O–H groups in total. The van der Waals surface area contributed by atoms with Gasteiger partial charge in [-0.15, -0.1) is 0 Å². The van der Waals surface area contributed by atoms with Crippen LogP contribution < -0.4 is 0 Å². The fourth-order valence-electron chi connectivity index (χ4n) is 4.91. The third-order valence-electron chi connectivity index (χ3n) is 6.86.